The van der Waals surface area contributed by atoms with Gasteiger partial charge in [-0.25, -0.2) is 19.3 Å². The van der Waals surface area contributed by atoms with E-state index in [-0.39, 0.29) is 0 Å². The molecular formula is C46H36N6S2. The van der Waals surface area contributed by atoms with Crippen molar-refractivity contribution in [3.8, 4) is 22.5 Å². The molecule has 0 N–H and O–H groups in total. The molecule has 8 rings (SSSR count). The van der Waals surface area contributed by atoms with Gasteiger partial charge in [-0.1, -0.05) is 121 Å². The van der Waals surface area contributed by atoms with Gasteiger partial charge in [0.1, 0.15) is 10.1 Å². The number of aliphatic imine (C=N–C) groups is 2. The molecule has 0 radical (unpaired) electrons. The summed E-state index contributed by atoms with van der Waals surface area (Å²) in [6, 6.07) is 57.1. The van der Waals surface area contributed by atoms with Crippen molar-refractivity contribution < 1.29 is 0 Å². The summed E-state index contributed by atoms with van der Waals surface area (Å²) in [5.41, 5.74) is 12.8. The Balaban J connectivity index is 1.11. The van der Waals surface area contributed by atoms with Crippen LogP contribution in [0.2, 0.25) is 0 Å². The molecule has 0 aliphatic rings. The normalized spacial score (nSPS) is 11.9. The smallest absolute Gasteiger partial charge is 0.107 e. The van der Waals surface area contributed by atoms with Crippen molar-refractivity contribution >= 4 is 48.1 Å². The van der Waals surface area contributed by atoms with E-state index in [1.54, 1.807) is 0 Å². The Bertz CT molecular complexity index is 2410. The fourth-order valence-corrected chi connectivity index (χ4v) is 7.38. The van der Waals surface area contributed by atoms with Crippen LogP contribution in [0.25, 0.3) is 22.5 Å². The van der Waals surface area contributed by atoms with Gasteiger partial charge in [0.25, 0.3) is 0 Å². The molecule has 0 aliphatic carbocycles. The maximum atomic E-state index is 5.19. The predicted molar refractivity (Wildman–Crippen MR) is 226 cm³/mol. The number of para-hydroxylation sites is 2. The monoisotopic (exact) mass is 736 g/mol. The lowest BCUT2D eigenvalue weighted by Crippen LogP contribution is -2.05. The summed E-state index contributed by atoms with van der Waals surface area (Å²) in [6.45, 7) is 4.01. The summed E-state index contributed by atoms with van der Waals surface area (Å²) in [6.07, 6.45) is 0. The summed E-state index contributed by atoms with van der Waals surface area (Å²) in [5, 5.41) is 11.2. The molecule has 262 valence electrons. The Morgan fingerprint density at radius 2 is 0.741 bits per heavy atom. The van der Waals surface area contributed by atoms with Crippen molar-refractivity contribution in [1.29, 1.82) is 0 Å². The van der Waals surface area contributed by atoms with Crippen LogP contribution in [0.1, 0.15) is 33.6 Å². The average molecular weight is 737 g/mol. The SMILES string of the molecule is Cc1nn(-c2ccccc2)c(S)c1C(=Nc1ccc(-c2ccc(N=C(c3ccccc3)c3c(C)nn(-c4ccccc4)c3S)cc2)cc1)c1ccccc1. The molecule has 2 heterocycles. The van der Waals surface area contributed by atoms with Crippen LogP contribution in [0, 0.1) is 13.8 Å². The Kier molecular flexibility index (Phi) is 9.94. The Morgan fingerprint density at radius 1 is 0.426 bits per heavy atom. The molecule has 2 aromatic heterocycles. The number of benzene rings is 6. The fraction of sp³-hybridized carbons (Fsp3) is 0.0435. The number of aromatic nitrogens is 4. The van der Waals surface area contributed by atoms with Crippen LogP contribution in [0.3, 0.4) is 0 Å². The summed E-state index contributed by atoms with van der Waals surface area (Å²) in [5.74, 6) is 0. The van der Waals surface area contributed by atoms with E-state index in [0.717, 1.165) is 89.0 Å². The Hall–Kier alpha value is -6.22. The van der Waals surface area contributed by atoms with Crippen LogP contribution in [-0.4, -0.2) is 31.0 Å². The molecule has 0 atom stereocenters. The molecule has 6 aromatic carbocycles. The van der Waals surface area contributed by atoms with Gasteiger partial charge in [0, 0.05) is 11.1 Å². The lowest BCUT2D eigenvalue weighted by molar-refractivity contribution is 0.796. The van der Waals surface area contributed by atoms with Gasteiger partial charge in [0.15, 0.2) is 0 Å². The fourth-order valence-electron chi connectivity index (χ4n) is 6.52. The lowest BCUT2D eigenvalue weighted by Gasteiger charge is -2.10. The first-order chi connectivity index (χ1) is 26.4. The second-order valence-corrected chi connectivity index (χ2v) is 13.7. The van der Waals surface area contributed by atoms with Gasteiger partial charge in [-0.15, -0.1) is 25.3 Å². The zero-order valence-corrected chi connectivity index (χ0v) is 31.5. The van der Waals surface area contributed by atoms with Crippen molar-refractivity contribution in [3.63, 3.8) is 0 Å². The van der Waals surface area contributed by atoms with E-state index in [1.807, 2.05) is 145 Å². The van der Waals surface area contributed by atoms with E-state index < -0.39 is 0 Å². The predicted octanol–water partition coefficient (Wildman–Crippen LogP) is 11.3. The third kappa shape index (κ3) is 7.09. The molecule has 0 unspecified atom stereocenters. The van der Waals surface area contributed by atoms with Gasteiger partial charge in [-0.3, -0.25) is 0 Å². The quantitative estimate of drug-likeness (QED) is 0.114. The number of rotatable bonds is 9. The highest BCUT2D eigenvalue weighted by molar-refractivity contribution is 7.80. The molecule has 8 aromatic rings. The standard InChI is InChI=1S/C46H36N6S2/c1-31-41(45(53)51(49-31)39-19-11-5-12-20-39)43(35-15-7-3-8-16-35)47-37-27-23-33(24-28-37)34-25-29-38(30-26-34)48-44(36-17-9-4-10-18-36)42-32(2)50-52(46(42)54)40-21-13-6-14-22-40/h3-30,53-54H,1-2H3. The highest BCUT2D eigenvalue weighted by Crippen LogP contribution is 2.31. The number of thiol groups is 2. The van der Waals surface area contributed by atoms with E-state index in [0.29, 0.717) is 0 Å². The zero-order chi connectivity index (χ0) is 37.0. The lowest BCUT2D eigenvalue weighted by atomic mass is 10.0. The van der Waals surface area contributed by atoms with Crippen molar-refractivity contribution in [3.05, 3.63) is 203 Å². The second kappa shape index (κ2) is 15.4. The minimum atomic E-state index is 0.738. The molecule has 0 aliphatic heterocycles. The maximum Gasteiger partial charge on any atom is 0.107 e. The van der Waals surface area contributed by atoms with E-state index >= 15 is 0 Å². The van der Waals surface area contributed by atoms with Crippen LogP contribution in [0.15, 0.2) is 190 Å². The number of nitrogens with zero attached hydrogens (tertiary/aromatic N) is 6. The van der Waals surface area contributed by atoms with Crippen LogP contribution in [0.4, 0.5) is 11.4 Å². The zero-order valence-electron chi connectivity index (χ0n) is 29.7. The maximum absolute atomic E-state index is 5.19. The summed E-state index contributed by atoms with van der Waals surface area (Å²) in [7, 11) is 0. The van der Waals surface area contributed by atoms with E-state index in [1.165, 1.54) is 0 Å². The molecule has 0 bridgehead atoms. The number of aryl methyl sites for hydroxylation is 2. The summed E-state index contributed by atoms with van der Waals surface area (Å²) < 4.78 is 3.73. The molecule has 0 fully saturated rings. The number of hydrogen-bond donors (Lipinski definition) is 2. The highest BCUT2D eigenvalue weighted by atomic mass is 32.1. The van der Waals surface area contributed by atoms with Crippen molar-refractivity contribution in [2.75, 3.05) is 0 Å². The van der Waals surface area contributed by atoms with Crippen LogP contribution in [0.5, 0.6) is 0 Å². The van der Waals surface area contributed by atoms with Crippen molar-refractivity contribution in [2.45, 2.75) is 23.9 Å². The minimum Gasteiger partial charge on any atom is -0.248 e. The highest BCUT2D eigenvalue weighted by Gasteiger charge is 2.22. The molecule has 0 saturated carbocycles. The van der Waals surface area contributed by atoms with Crippen molar-refractivity contribution in [1.82, 2.24) is 19.6 Å². The molecule has 0 saturated heterocycles. The summed E-state index contributed by atoms with van der Waals surface area (Å²) in [4.78, 5) is 10.4. The first-order valence-electron chi connectivity index (χ1n) is 17.6. The van der Waals surface area contributed by atoms with Gasteiger partial charge < -0.3 is 0 Å². The van der Waals surface area contributed by atoms with Gasteiger partial charge in [0.05, 0.1) is 56.7 Å². The second-order valence-electron chi connectivity index (χ2n) is 12.8. The van der Waals surface area contributed by atoms with E-state index in [2.05, 4.69) is 48.5 Å². The van der Waals surface area contributed by atoms with Gasteiger partial charge >= 0.3 is 0 Å². The van der Waals surface area contributed by atoms with E-state index in [9.17, 15) is 0 Å². The van der Waals surface area contributed by atoms with Gasteiger partial charge in [-0.05, 0) is 73.5 Å². The molecule has 0 amide bonds. The number of hydrogen-bond acceptors (Lipinski definition) is 6. The summed E-state index contributed by atoms with van der Waals surface area (Å²) >= 11 is 9.92. The van der Waals surface area contributed by atoms with Gasteiger partial charge in [0.2, 0.25) is 0 Å². The topological polar surface area (TPSA) is 60.4 Å². The molecular weight excluding hydrogens is 701 g/mol. The Morgan fingerprint density at radius 3 is 1.07 bits per heavy atom. The first-order valence-corrected chi connectivity index (χ1v) is 18.5. The van der Waals surface area contributed by atoms with Crippen molar-refractivity contribution in [2.24, 2.45) is 9.98 Å². The van der Waals surface area contributed by atoms with Crippen LogP contribution < -0.4 is 0 Å². The third-order valence-electron chi connectivity index (χ3n) is 9.19. The van der Waals surface area contributed by atoms with Gasteiger partial charge in [-0.2, -0.15) is 10.2 Å². The first kappa shape index (κ1) is 34.8. The molecule has 54 heavy (non-hydrogen) atoms. The third-order valence-corrected chi connectivity index (χ3v) is 10.0. The van der Waals surface area contributed by atoms with E-state index in [4.69, 9.17) is 45.4 Å². The minimum absolute atomic E-state index is 0.738. The molecule has 0 spiro atoms. The molecule has 6 nitrogen and oxygen atoms in total. The average Bonchev–Trinajstić information content (AvgIpc) is 3.69. The Labute approximate surface area is 326 Å². The van der Waals surface area contributed by atoms with Crippen LogP contribution in [-0.2, 0) is 0 Å². The largest absolute Gasteiger partial charge is 0.248 e. The molecule has 8 heteroatoms. The van der Waals surface area contributed by atoms with Crippen LogP contribution >= 0.6 is 25.3 Å².